The Morgan fingerprint density at radius 3 is 2.29 bits per heavy atom. The third-order valence-corrected chi connectivity index (χ3v) is 4.13. The van der Waals surface area contributed by atoms with E-state index < -0.39 is 0 Å². The predicted molar refractivity (Wildman–Crippen MR) is 70.7 cm³/mol. The fourth-order valence-corrected chi connectivity index (χ4v) is 2.94. The first-order valence-corrected chi connectivity index (χ1v) is 7.25. The number of hydrogen-bond donors (Lipinski definition) is 1. The molecule has 0 aliphatic rings. The van der Waals surface area contributed by atoms with Gasteiger partial charge in [0, 0.05) is 18.3 Å². The van der Waals surface area contributed by atoms with E-state index in [4.69, 9.17) is 0 Å². The monoisotopic (exact) mass is 236 g/mol. The van der Waals surface area contributed by atoms with Gasteiger partial charge in [-0.25, -0.2) is 0 Å². The van der Waals surface area contributed by atoms with Crippen molar-refractivity contribution < 1.29 is 0 Å². The molecule has 0 heterocycles. The summed E-state index contributed by atoms with van der Waals surface area (Å²) in [4.78, 5) is 2.24. The van der Waals surface area contributed by atoms with Crippen LogP contribution in [0.2, 0.25) is 0 Å². The van der Waals surface area contributed by atoms with E-state index >= 15 is 0 Å². The lowest BCUT2D eigenvalue weighted by Gasteiger charge is -2.28. The van der Waals surface area contributed by atoms with Gasteiger partial charge >= 0.3 is 0 Å². The predicted octanol–water partition coefficient (Wildman–Crippen LogP) is 2.87. The first kappa shape index (κ1) is 14.6. The van der Waals surface area contributed by atoms with Crippen molar-refractivity contribution in [2.45, 2.75) is 32.9 Å². The van der Waals surface area contributed by atoms with Crippen molar-refractivity contribution in [3.63, 3.8) is 0 Å². The Kier molecular flexibility index (Phi) is 7.30. The van der Waals surface area contributed by atoms with Crippen molar-refractivity contribution in [1.82, 2.24) is 9.62 Å². The van der Waals surface area contributed by atoms with E-state index in [0.29, 0.717) is 10.7 Å². The highest BCUT2D eigenvalue weighted by Crippen LogP contribution is 2.24. The van der Waals surface area contributed by atoms with E-state index in [1.165, 1.54) is 0 Å². The molecule has 0 aliphatic heterocycles. The Labute approximate surface area is 97.1 Å². The summed E-state index contributed by atoms with van der Waals surface area (Å²) in [6, 6.07) is 0. The second-order valence-electron chi connectivity index (χ2n) is 4.95. The maximum absolute atomic E-state index is 3.42. The smallest absolute Gasteiger partial charge is 0.0130 e. The third kappa shape index (κ3) is 9.19. The molecular formula is C10H24N2S2. The van der Waals surface area contributed by atoms with Gasteiger partial charge in [0.25, 0.3) is 0 Å². The van der Waals surface area contributed by atoms with Crippen LogP contribution in [0.3, 0.4) is 0 Å². The van der Waals surface area contributed by atoms with Gasteiger partial charge in [0.1, 0.15) is 0 Å². The molecule has 1 N–H and O–H groups in total. The number of hydrogen-bond acceptors (Lipinski definition) is 4. The second-order valence-corrected chi connectivity index (χ2v) is 7.62. The lowest BCUT2D eigenvalue weighted by molar-refractivity contribution is 0.244. The van der Waals surface area contributed by atoms with Gasteiger partial charge in [0.05, 0.1) is 0 Å². The van der Waals surface area contributed by atoms with Gasteiger partial charge in [0.15, 0.2) is 0 Å². The van der Waals surface area contributed by atoms with Gasteiger partial charge in [-0.1, -0.05) is 38.5 Å². The van der Waals surface area contributed by atoms with E-state index in [0.717, 1.165) is 13.1 Å². The molecule has 14 heavy (non-hydrogen) atoms. The zero-order chi connectivity index (χ0) is 11.2. The first-order valence-electron chi connectivity index (χ1n) is 5.03. The highest BCUT2D eigenvalue weighted by molar-refractivity contribution is 8.76. The van der Waals surface area contributed by atoms with Crippen molar-refractivity contribution >= 4 is 21.8 Å². The largest absolute Gasteiger partial charge is 0.309 e. The fourth-order valence-electron chi connectivity index (χ4n) is 1.27. The summed E-state index contributed by atoms with van der Waals surface area (Å²) in [6.45, 7) is 11.2. The van der Waals surface area contributed by atoms with Crippen molar-refractivity contribution in [1.29, 1.82) is 0 Å². The van der Waals surface area contributed by atoms with Crippen molar-refractivity contribution in [3.8, 4) is 0 Å². The summed E-state index contributed by atoms with van der Waals surface area (Å²) in [7, 11) is 7.89. The van der Waals surface area contributed by atoms with E-state index in [1.54, 1.807) is 11.0 Å². The molecule has 0 aromatic rings. The Balaban J connectivity index is 3.55. The maximum atomic E-state index is 3.42. The minimum absolute atomic E-state index is 0.341. The Morgan fingerprint density at radius 1 is 1.29 bits per heavy atom. The van der Waals surface area contributed by atoms with Crippen LogP contribution < -0.4 is 4.72 Å². The van der Waals surface area contributed by atoms with Gasteiger partial charge in [-0.15, -0.1) is 0 Å². The molecule has 0 spiro atoms. The lowest BCUT2D eigenvalue weighted by Crippen LogP contribution is -2.35. The standard InChI is InChI=1S/C10H24N2S2/c1-9(2)13-14-11-7-10(3,4)8-12(5)6/h9,11H,7-8H2,1-6H3. The summed E-state index contributed by atoms with van der Waals surface area (Å²) in [5.41, 5.74) is 0.341. The van der Waals surface area contributed by atoms with Crippen LogP contribution in [-0.4, -0.2) is 37.3 Å². The molecule has 0 fully saturated rings. The molecule has 0 atom stereocenters. The summed E-state index contributed by atoms with van der Waals surface area (Å²) in [5.74, 6) is 0. The molecule has 0 bridgehead atoms. The molecule has 4 heteroatoms. The summed E-state index contributed by atoms with van der Waals surface area (Å²) < 4.78 is 3.42. The lowest BCUT2D eigenvalue weighted by atomic mass is 9.93. The Hall–Kier alpha value is 0.620. The molecule has 0 unspecified atom stereocenters. The Bertz CT molecular complexity index is 147. The van der Waals surface area contributed by atoms with Crippen LogP contribution in [0.15, 0.2) is 0 Å². The van der Waals surface area contributed by atoms with E-state index in [1.807, 2.05) is 10.8 Å². The summed E-state index contributed by atoms with van der Waals surface area (Å²) in [6.07, 6.45) is 0. The molecule has 0 amide bonds. The topological polar surface area (TPSA) is 15.3 Å². The van der Waals surface area contributed by atoms with E-state index in [-0.39, 0.29) is 0 Å². The third-order valence-electron chi connectivity index (χ3n) is 1.59. The van der Waals surface area contributed by atoms with Crippen molar-refractivity contribution in [3.05, 3.63) is 0 Å². The first-order chi connectivity index (χ1) is 6.33. The normalized spacial score (nSPS) is 12.9. The molecule has 0 aromatic heterocycles. The number of nitrogens with zero attached hydrogens (tertiary/aromatic N) is 1. The quantitative estimate of drug-likeness (QED) is 0.415. The van der Waals surface area contributed by atoms with E-state index in [9.17, 15) is 0 Å². The fraction of sp³-hybridized carbons (Fsp3) is 1.00. The Morgan fingerprint density at radius 2 is 1.86 bits per heavy atom. The van der Waals surface area contributed by atoms with Gasteiger partial charge in [-0.2, -0.15) is 0 Å². The van der Waals surface area contributed by atoms with Crippen LogP contribution in [0.4, 0.5) is 0 Å². The van der Waals surface area contributed by atoms with Gasteiger partial charge in [0.2, 0.25) is 0 Å². The number of rotatable bonds is 7. The zero-order valence-corrected chi connectivity index (χ0v) is 11.9. The van der Waals surface area contributed by atoms with Crippen LogP contribution >= 0.6 is 21.8 Å². The highest BCUT2D eigenvalue weighted by Gasteiger charge is 2.18. The minimum Gasteiger partial charge on any atom is -0.309 e. The number of nitrogens with one attached hydrogen (secondary N) is 1. The van der Waals surface area contributed by atoms with Crippen LogP contribution in [-0.2, 0) is 0 Å². The summed E-state index contributed by atoms with van der Waals surface area (Å²) in [5, 5.41) is 0.685. The van der Waals surface area contributed by atoms with Crippen LogP contribution in [0.1, 0.15) is 27.7 Å². The molecule has 2 nitrogen and oxygen atoms in total. The molecule has 0 aromatic carbocycles. The molecule has 0 aliphatic carbocycles. The molecule has 0 rings (SSSR count). The van der Waals surface area contributed by atoms with Gasteiger partial charge in [-0.05, 0) is 30.5 Å². The molecule has 0 radical (unpaired) electrons. The van der Waals surface area contributed by atoms with Crippen LogP contribution in [0.25, 0.3) is 0 Å². The second kappa shape index (κ2) is 6.99. The van der Waals surface area contributed by atoms with Gasteiger partial charge < -0.3 is 4.90 Å². The molecule has 86 valence electrons. The average molecular weight is 236 g/mol. The summed E-state index contributed by atoms with van der Waals surface area (Å²) >= 11 is 0. The molecule has 0 saturated carbocycles. The molecule has 0 saturated heterocycles. The van der Waals surface area contributed by atoms with Gasteiger partial charge in [-0.3, -0.25) is 4.72 Å². The van der Waals surface area contributed by atoms with Crippen LogP contribution in [0, 0.1) is 5.41 Å². The van der Waals surface area contributed by atoms with Crippen LogP contribution in [0.5, 0.6) is 0 Å². The maximum Gasteiger partial charge on any atom is 0.0130 e. The average Bonchev–Trinajstić information content (AvgIpc) is 1.95. The SMILES string of the molecule is CC(C)SSNCC(C)(C)CN(C)C. The minimum atomic E-state index is 0.341. The zero-order valence-electron chi connectivity index (χ0n) is 10.3. The molecular weight excluding hydrogens is 212 g/mol. The van der Waals surface area contributed by atoms with Crippen molar-refractivity contribution in [2.75, 3.05) is 27.2 Å². The van der Waals surface area contributed by atoms with Crippen molar-refractivity contribution in [2.24, 2.45) is 5.41 Å². The highest BCUT2D eigenvalue weighted by atomic mass is 33.1. The van der Waals surface area contributed by atoms with E-state index in [2.05, 4.69) is 51.4 Å².